The van der Waals surface area contributed by atoms with Crippen LogP contribution in [-0.4, -0.2) is 47.2 Å². The van der Waals surface area contributed by atoms with Gasteiger partial charge in [-0.05, 0) is 51.1 Å². The van der Waals surface area contributed by atoms with Gasteiger partial charge in [-0.1, -0.05) is 212 Å². The van der Waals surface area contributed by atoms with Crippen LogP contribution in [0.5, 0.6) is 0 Å². The second-order valence-electron chi connectivity index (χ2n) is 17.3. The van der Waals surface area contributed by atoms with Crippen molar-refractivity contribution in [3.63, 3.8) is 0 Å². The lowest BCUT2D eigenvalue weighted by Crippen LogP contribution is -2.47. The van der Waals surface area contributed by atoms with Crippen LogP contribution < -0.4 is 10.6 Å². The van der Waals surface area contributed by atoms with E-state index in [1.54, 1.807) is 37.6 Å². The molecule has 8 aromatic carbocycles. The van der Waals surface area contributed by atoms with Crippen molar-refractivity contribution in [2.24, 2.45) is 0 Å². The zero-order valence-corrected chi connectivity index (χ0v) is 38.5. The van der Waals surface area contributed by atoms with Crippen molar-refractivity contribution in [3.8, 4) is 11.1 Å². The first kappa shape index (κ1) is 45.0. The zero-order valence-electron chi connectivity index (χ0n) is 38.5. The van der Waals surface area contributed by atoms with Crippen molar-refractivity contribution in [1.29, 1.82) is 0 Å². The van der Waals surface area contributed by atoms with Crippen LogP contribution in [0, 0.1) is 0 Å². The van der Waals surface area contributed by atoms with Gasteiger partial charge in [0.2, 0.25) is 0 Å². The van der Waals surface area contributed by atoms with Gasteiger partial charge in [-0.3, -0.25) is 4.79 Å². The number of carbonyl (C=O) groups is 3. The number of carbonyl (C=O) groups excluding carboxylic acids is 3. The Balaban J connectivity index is 1.06. The number of nitrogens with zero attached hydrogens (tertiary/aromatic N) is 2. The Labute approximate surface area is 407 Å². The highest BCUT2D eigenvalue weighted by Gasteiger charge is 2.44. The molecule has 2 amide bonds. The number of benzene rings is 8. The fourth-order valence-electron chi connectivity index (χ4n) is 10.1. The summed E-state index contributed by atoms with van der Waals surface area (Å²) < 4.78 is 15.1. The third-order valence-electron chi connectivity index (χ3n) is 13.3. The van der Waals surface area contributed by atoms with E-state index in [4.69, 9.17) is 14.5 Å². The number of rotatable bonds is 15. The van der Waals surface area contributed by atoms with Gasteiger partial charge in [0.05, 0.1) is 12.0 Å². The fraction of sp³-hybridized carbons (Fsp3) is 0.115. The largest absolute Gasteiger partial charge is 0.449 e. The van der Waals surface area contributed by atoms with Gasteiger partial charge in [0.15, 0.2) is 5.60 Å². The molecule has 0 fully saturated rings. The van der Waals surface area contributed by atoms with Crippen LogP contribution in [0.4, 0.5) is 4.79 Å². The normalized spacial score (nSPS) is 12.5. The molecule has 9 heteroatoms. The van der Waals surface area contributed by atoms with Crippen LogP contribution in [0.2, 0.25) is 0 Å². The van der Waals surface area contributed by atoms with E-state index < -0.39 is 29.2 Å². The topological polar surface area (TPSA) is 112 Å². The van der Waals surface area contributed by atoms with Gasteiger partial charge < -0.3 is 24.7 Å². The van der Waals surface area contributed by atoms with Gasteiger partial charge in [0.1, 0.15) is 18.2 Å². The highest BCUT2D eigenvalue weighted by Crippen LogP contribution is 2.45. The fourth-order valence-corrected chi connectivity index (χ4v) is 10.1. The summed E-state index contributed by atoms with van der Waals surface area (Å²) in [5.41, 5.74) is 7.79. The minimum absolute atomic E-state index is 0.0413. The Hall–Kier alpha value is -8.82. The van der Waals surface area contributed by atoms with Gasteiger partial charge in [0, 0.05) is 47.8 Å². The van der Waals surface area contributed by atoms with Crippen molar-refractivity contribution >= 4 is 18.0 Å². The van der Waals surface area contributed by atoms with Crippen molar-refractivity contribution in [1.82, 2.24) is 20.2 Å². The monoisotopic (exact) mass is 918 g/mol. The molecule has 0 saturated heterocycles. The molecule has 0 radical (unpaired) electrons. The minimum atomic E-state index is -1.54. The molecule has 1 heterocycles. The average Bonchev–Trinajstić information content (AvgIpc) is 4.03. The molecule has 70 heavy (non-hydrogen) atoms. The molecule has 344 valence electrons. The predicted octanol–water partition coefficient (Wildman–Crippen LogP) is 11.1. The van der Waals surface area contributed by atoms with Crippen molar-refractivity contribution in [2.45, 2.75) is 29.5 Å². The van der Waals surface area contributed by atoms with Gasteiger partial charge in [-0.25, -0.2) is 14.6 Å². The molecule has 0 unspecified atom stereocenters. The second-order valence-corrected chi connectivity index (χ2v) is 17.3. The number of ether oxygens (including phenoxy) is 2. The van der Waals surface area contributed by atoms with E-state index >= 15 is 4.79 Å². The van der Waals surface area contributed by atoms with Crippen molar-refractivity contribution in [2.75, 3.05) is 13.7 Å². The van der Waals surface area contributed by atoms with Gasteiger partial charge in [0.25, 0.3) is 5.91 Å². The summed E-state index contributed by atoms with van der Waals surface area (Å²) in [5, 5.41) is 5.63. The molecule has 0 spiro atoms. The molecule has 9 nitrogen and oxygen atoms in total. The number of amides is 2. The first-order valence-electron chi connectivity index (χ1n) is 23.4. The molecule has 1 aromatic heterocycles. The Morgan fingerprint density at radius 2 is 0.986 bits per heavy atom. The molecule has 9 aromatic rings. The van der Waals surface area contributed by atoms with Crippen LogP contribution in [0.25, 0.3) is 11.1 Å². The average molecular weight is 919 g/mol. The summed E-state index contributed by atoms with van der Waals surface area (Å²) in [5.74, 6) is -1.19. The second kappa shape index (κ2) is 19.8. The molecule has 0 bridgehead atoms. The number of aromatic nitrogens is 2. The van der Waals surface area contributed by atoms with E-state index in [2.05, 4.69) is 75.9 Å². The summed E-state index contributed by atoms with van der Waals surface area (Å²) in [6, 6.07) is 71.7. The van der Waals surface area contributed by atoms with E-state index in [9.17, 15) is 9.59 Å². The molecular formula is C61H50N4O5. The first-order chi connectivity index (χ1) is 34.4. The SMILES string of the molecule is CNC(=O)c1ccc(C(OC(=O)[C@H](Cc2cn(C(c3ccccc3)(c3ccccc3)c3ccccc3)cn2)NC(=O)OCC2c3ccccc3-c3ccccc32)(c2ccccc2)c2ccccc2)cc1. The number of imidazole rings is 1. The van der Waals surface area contributed by atoms with Crippen LogP contribution in [0.15, 0.2) is 237 Å². The number of hydrogen-bond donors (Lipinski definition) is 2. The molecule has 0 aliphatic heterocycles. The Morgan fingerprint density at radius 1 is 0.557 bits per heavy atom. The molecule has 1 aliphatic carbocycles. The van der Waals surface area contributed by atoms with E-state index in [0.717, 1.165) is 38.9 Å². The van der Waals surface area contributed by atoms with E-state index in [-0.39, 0.29) is 24.9 Å². The van der Waals surface area contributed by atoms with Crippen molar-refractivity contribution in [3.05, 3.63) is 293 Å². The number of fused-ring (bicyclic) bond motifs is 3. The van der Waals surface area contributed by atoms with Gasteiger partial charge in [-0.15, -0.1) is 0 Å². The first-order valence-corrected chi connectivity index (χ1v) is 23.4. The smallest absolute Gasteiger partial charge is 0.407 e. The number of hydrogen-bond acceptors (Lipinski definition) is 6. The van der Waals surface area contributed by atoms with Gasteiger partial charge in [-0.2, -0.15) is 0 Å². The quantitative estimate of drug-likeness (QED) is 0.0783. The minimum Gasteiger partial charge on any atom is -0.449 e. The summed E-state index contributed by atoms with van der Waals surface area (Å²) in [6.45, 7) is 0.0413. The van der Waals surface area contributed by atoms with Gasteiger partial charge >= 0.3 is 12.1 Å². The number of esters is 1. The third-order valence-corrected chi connectivity index (χ3v) is 13.3. The van der Waals surface area contributed by atoms with Crippen LogP contribution in [0.3, 0.4) is 0 Å². The maximum absolute atomic E-state index is 15.5. The standard InChI is InChI=1S/C61H50N4O5/c1-62-57(66)43-35-37-49(38-36-43)61(47-27-13-5-14-28-47,48-29-15-6-16-30-48)70-58(67)56(64-59(68)69-41-55-53-33-19-17-31-51(53)52-32-18-20-34-54(52)55)39-50-40-65(42-63-50)60(44-21-7-2-8-22-44,45-23-9-3-10-24-45)46-25-11-4-12-26-46/h2-38,40,42,55-56H,39,41H2,1H3,(H,62,66)(H,64,68)/t56-/m0/s1. The summed E-state index contributed by atoms with van der Waals surface area (Å²) in [4.78, 5) is 47.6. The summed E-state index contributed by atoms with van der Waals surface area (Å²) >= 11 is 0. The summed E-state index contributed by atoms with van der Waals surface area (Å²) in [6.07, 6.45) is 2.88. The maximum Gasteiger partial charge on any atom is 0.407 e. The molecule has 10 rings (SSSR count). The number of nitrogens with one attached hydrogen (secondary N) is 2. The number of alkyl carbamates (subject to hydrolysis) is 1. The van der Waals surface area contributed by atoms with E-state index in [0.29, 0.717) is 27.9 Å². The molecular weight excluding hydrogens is 869 g/mol. The van der Waals surface area contributed by atoms with E-state index in [1.807, 2.05) is 146 Å². The van der Waals surface area contributed by atoms with Crippen LogP contribution >= 0.6 is 0 Å². The highest BCUT2D eigenvalue weighted by molar-refractivity contribution is 5.94. The highest BCUT2D eigenvalue weighted by atomic mass is 16.6. The molecule has 0 saturated carbocycles. The maximum atomic E-state index is 15.5. The molecule has 2 N–H and O–H groups in total. The van der Waals surface area contributed by atoms with Crippen molar-refractivity contribution < 1.29 is 23.9 Å². The van der Waals surface area contributed by atoms with E-state index in [1.165, 1.54) is 0 Å². The van der Waals surface area contributed by atoms with Crippen LogP contribution in [-0.2, 0) is 31.8 Å². The van der Waals surface area contributed by atoms with Crippen LogP contribution in [0.1, 0.15) is 66.5 Å². The lowest BCUT2D eigenvalue weighted by atomic mass is 9.77. The Bertz CT molecular complexity index is 3050. The lowest BCUT2D eigenvalue weighted by molar-refractivity contribution is -0.156. The summed E-state index contributed by atoms with van der Waals surface area (Å²) in [7, 11) is 1.58. The molecule has 1 atom stereocenters. The third kappa shape index (κ3) is 8.43. The Kier molecular flexibility index (Phi) is 12.7. The molecule has 1 aliphatic rings. The predicted molar refractivity (Wildman–Crippen MR) is 271 cm³/mol. The Morgan fingerprint density at radius 3 is 1.46 bits per heavy atom. The lowest BCUT2D eigenvalue weighted by Gasteiger charge is -2.37. The zero-order chi connectivity index (χ0) is 47.9.